The highest BCUT2D eigenvalue weighted by molar-refractivity contribution is 5.98. The first-order chi connectivity index (χ1) is 12.9. The lowest BCUT2D eigenvalue weighted by atomic mass is 10.0. The van der Waals surface area contributed by atoms with Crippen LogP contribution in [0.15, 0.2) is 18.2 Å². The zero-order valence-corrected chi connectivity index (χ0v) is 16.4. The molecule has 0 aromatic heterocycles. The van der Waals surface area contributed by atoms with Gasteiger partial charge in [-0.3, -0.25) is 14.4 Å². The number of likely N-dealkylation sites (tertiary alicyclic amines) is 1. The fourth-order valence-electron chi connectivity index (χ4n) is 3.96. The molecule has 27 heavy (non-hydrogen) atoms. The van der Waals surface area contributed by atoms with Crippen LogP contribution in [-0.4, -0.2) is 41.6 Å². The normalized spacial score (nSPS) is 19.1. The Balaban J connectivity index is 1.49. The summed E-state index contributed by atoms with van der Waals surface area (Å²) in [6, 6.07) is 5.98. The van der Waals surface area contributed by atoms with Crippen LogP contribution in [0.4, 0.5) is 0 Å². The topological polar surface area (TPSA) is 66.5 Å². The summed E-state index contributed by atoms with van der Waals surface area (Å²) in [5.74, 6) is 0.0230. The molecule has 0 saturated carbocycles. The van der Waals surface area contributed by atoms with E-state index in [9.17, 15) is 14.4 Å². The fraction of sp³-hybridized carbons (Fsp3) is 0.591. The molecule has 1 unspecified atom stereocenters. The molecule has 1 saturated heterocycles. The molecule has 1 fully saturated rings. The standard InChI is InChI=1S/C22H30N2O3/c1-15(2)22(27)23-19-7-4-12-24(14-19)21(26)11-10-20(25)18-9-8-16-5-3-6-17(16)13-18/h8-9,13,15,19H,3-7,10-12,14H2,1-2H3,(H,23,27). The average molecular weight is 370 g/mol. The van der Waals surface area contributed by atoms with Gasteiger partial charge in [-0.1, -0.05) is 26.0 Å². The Morgan fingerprint density at radius 2 is 1.89 bits per heavy atom. The number of nitrogens with zero attached hydrogens (tertiary/aromatic N) is 1. The number of piperidine rings is 1. The van der Waals surface area contributed by atoms with Gasteiger partial charge in [-0.15, -0.1) is 0 Å². The van der Waals surface area contributed by atoms with Gasteiger partial charge in [-0.25, -0.2) is 0 Å². The molecule has 1 heterocycles. The highest BCUT2D eigenvalue weighted by Gasteiger charge is 2.25. The minimum atomic E-state index is -0.0546. The molecule has 1 aromatic carbocycles. The maximum atomic E-state index is 12.5. The Hall–Kier alpha value is -2.17. The van der Waals surface area contributed by atoms with E-state index in [4.69, 9.17) is 0 Å². The van der Waals surface area contributed by atoms with Gasteiger partial charge in [0.25, 0.3) is 0 Å². The van der Waals surface area contributed by atoms with Crippen LogP contribution < -0.4 is 5.32 Å². The summed E-state index contributed by atoms with van der Waals surface area (Å²) in [6.07, 6.45) is 5.58. The van der Waals surface area contributed by atoms with Crippen molar-refractivity contribution in [2.24, 2.45) is 5.92 Å². The average Bonchev–Trinajstić information content (AvgIpc) is 3.13. The van der Waals surface area contributed by atoms with E-state index in [1.165, 1.54) is 11.1 Å². The molecule has 0 spiro atoms. The van der Waals surface area contributed by atoms with Crippen molar-refractivity contribution in [1.82, 2.24) is 10.2 Å². The first-order valence-corrected chi connectivity index (χ1v) is 10.2. The van der Waals surface area contributed by atoms with Crippen LogP contribution in [0.5, 0.6) is 0 Å². The highest BCUT2D eigenvalue weighted by atomic mass is 16.2. The lowest BCUT2D eigenvalue weighted by Crippen LogP contribution is -2.50. The van der Waals surface area contributed by atoms with Crippen molar-refractivity contribution in [3.05, 3.63) is 34.9 Å². The van der Waals surface area contributed by atoms with E-state index >= 15 is 0 Å². The Morgan fingerprint density at radius 3 is 2.67 bits per heavy atom. The number of aryl methyl sites for hydroxylation is 2. The molecule has 5 nitrogen and oxygen atoms in total. The van der Waals surface area contributed by atoms with Crippen molar-refractivity contribution in [3.8, 4) is 0 Å². The van der Waals surface area contributed by atoms with E-state index in [1.807, 2.05) is 26.0 Å². The number of hydrogen-bond acceptors (Lipinski definition) is 3. The summed E-state index contributed by atoms with van der Waals surface area (Å²) < 4.78 is 0. The number of ketones is 1. The zero-order valence-electron chi connectivity index (χ0n) is 16.4. The van der Waals surface area contributed by atoms with Gasteiger partial charge >= 0.3 is 0 Å². The second-order valence-corrected chi connectivity index (χ2v) is 8.10. The second kappa shape index (κ2) is 8.68. The molecule has 2 aliphatic rings. The molecule has 0 radical (unpaired) electrons. The number of benzene rings is 1. The first-order valence-electron chi connectivity index (χ1n) is 10.2. The van der Waals surface area contributed by atoms with Crippen LogP contribution in [-0.2, 0) is 22.4 Å². The number of amides is 2. The largest absolute Gasteiger partial charge is 0.351 e. The summed E-state index contributed by atoms with van der Waals surface area (Å²) in [5.41, 5.74) is 3.36. The minimum absolute atomic E-state index is 0.00741. The zero-order chi connectivity index (χ0) is 19.4. The summed E-state index contributed by atoms with van der Waals surface area (Å²) in [5, 5.41) is 3.02. The van der Waals surface area contributed by atoms with E-state index in [0.29, 0.717) is 13.1 Å². The van der Waals surface area contributed by atoms with E-state index in [1.54, 1.807) is 4.90 Å². The number of fused-ring (bicyclic) bond motifs is 1. The number of carbonyl (C=O) groups excluding carboxylic acids is 3. The summed E-state index contributed by atoms with van der Waals surface area (Å²) in [4.78, 5) is 38.7. The van der Waals surface area contributed by atoms with Gasteiger partial charge in [0.15, 0.2) is 5.78 Å². The Kier molecular flexibility index (Phi) is 6.30. The molecular formula is C22H30N2O3. The Labute approximate surface area is 161 Å². The minimum Gasteiger partial charge on any atom is -0.351 e. The molecule has 1 N–H and O–H groups in total. The Morgan fingerprint density at radius 1 is 1.11 bits per heavy atom. The van der Waals surface area contributed by atoms with E-state index in [2.05, 4.69) is 11.4 Å². The van der Waals surface area contributed by atoms with Crippen molar-refractivity contribution < 1.29 is 14.4 Å². The first kappa shape index (κ1) is 19.6. The van der Waals surface area contributed by atoms with Gasteiger partial charge in [0.05, 0.1) is 0 Å². The fourth-order valence-corrected chi connectivity index (χ4v) is 3.96. The monoisotopic (exact) mass is 370 g/mol. The van der Waals surface area contributed by atoms with Crippen molar-refractivity contribution in [3.63, 3.8) is 0 Å². The Bertz CT molecular complexity index is 726. The molecule has 2 amide bonds. The van der Waals surface area contributed by atoms with Gasteiger partial charge in [0.1, 0.15) is 0 Å². The van der Waals surface area contributed by atoms with Crippen molar-refractivity contribution >= 4 is 17.6 Å². The molecule has 1 aliphatic carbocycles. The smallest absolute Gasteiger partial charge is 0.223 e. The summed E-state index contributed by atoms with van der Waals surface area (Å²) in [6.45, 7) is 4.99. The SMILES string of the molecule is CC(C)C(=O)NC1CCCN(C(=O)CCC(=O)c2ccc3c(c2)CCC3)C1. The number of rotatable bonds is 6. The third-order valence-corrected chi connectivity index (χ3v) is 5.63. The molecule has 146 valence electrons. The van der Waals surface area contributed by atoms with Crippen molar-refractivity contribution in [1.29, 1.82) is 0 Å². The number of hydrogen-bond donors (Lipinski definition) is 1. The van der Waals surface area contributed by atoms with Crippen LogP contribution in [0.1, 0.15) is 67.4 Å². The maximum absolute atomic E-state index is 12.5. The predicted molar refractivity (Wildman–Crippen MR) is 105 cm³/mol. The maximum Gasteiger partial charge on any atom is 0.223 e. The third-order valence-electron chi connectivity index (χ3n) is 5.63. The third kappa shape index (κ3) is 4.96. The number of Topliss-reactive ketones (excluding diaryl/α,β-unsaturated/α-hetero) is 1. The van der Waals surface area contributed by atoms with Gasteiger partial charge in [-0.05, 0) is 49.3 Å². The molecule has 1 atom stereocenters. The van der Waals surface area contributed by atoms with Crippen LogP contribution in [0.25, 0.3) is 0 Å². The van der Waals surface area contributed by atoms with Crippen LogP contribution in [0, 0.1) is 5.92 Å². The number of nitrogens with one attached hydrogen (secondary N) is 1. The van der Waals surface area contributed by atoms with Gasteiger partial charge in [0, 0.05) is 43.5 Å². The predicted octanol–water partition coefficient (Wildman–Crippen LogP) is 2.90. The summed E-state index contributed by atoms with van der Waals surface area (Å²) >= 11 is 0. The van der Waals surface area contributed by atoms with Gasteiger partial charge in [0.2, 0.25) is 11.8 Å². The second-order valence-electron chi connectivity index (χ2n) is 8.10. The molecule has 3 rings (SSSR count). The quantitative estimate of drug-likeness (QED) is 0.783. The van der Waals surface area contributed by atoms with E-state index < -0.39 is 0 Å². The van der Waals surface area contributed by atoms with Gasteiger partial charge in [-0.2, -0.15) is 0 Å². The van der Waals surface area contributed by atoms with E-state index in [-0.39, 0.29) is 42.4 Å². The highest BCUT2D eigenvalue weighted by Crippen LogP contribution is 2.23. The molecule has 1 aliphatic heterocycles. The van der Waals surface area contributed by atoms with Crippen LogP contribution in [0.3, 0.4) is 0 Å². The van der Waals surface area contributed by atoms with E-state index in [0.717, 1.165) is 37.7 Å². The number of carbonyl (C=O) groups is 3. The van der Waals surface area contributed by atoms with Gasteiger partial charge < -0.3 is 10.2 Å². The molecular weight excluding hydrogens is 340 g/mol. The van der Waals surface area contributed by atoms with Crippen molar-refractivity contribution in [2.45, 2.75) is 64.8 Å². The van der Waals surface area contributed by atoms with Crippen LogP contribution in [0.2, 0.25) is 0 Å². The summed E-state index contributed by atoms with van der Waals surface area (Å²) in [7, 11) is 0. The lowest BCUT2D eigenvalue weighted by molar-refractivity contribution is -0.134. The lowest BCUT2D eigenvalue weighted by Gasteiger charge is -2.33. The van der Waals surface area contributed by atoms with Crippen molar-refractivity contribution in [2.75, 3.05) is 13.1 Å². The molecule has 1 aromatic rings. The molecule has 0 bridgehead atoms. The van der Waals surface area contributed by atoms with Crippen LogP contribution >= 0.6 is 0 Å². The molecule has 5 heteroatoms.